The van der Waals surface area contributed by atoms with Crippen molar-refractivity contribution in [3.8, 4) is 0 Å². The van der Waals surface area contributed by atoms with Crippen LogP contribution < -0.4 is 5.32 Å². The summed E-state index contributed by atoms with van der Waals surface area (Å²) in [5, 5.41) is 3.41. The third-order valence-corrected chi connectivity index (χ3v) is 2.41. The van der Waals surface area contributed by atoms with Crippen LogP contribution in [0, 0.1) is 5.82 Å². The van der Waals surface area contributed by atoms with E-state index in [4.69, 9.17) is 16.3 Å². The summed E-state index contributed by atoms with van der Waals surface area (Å²) in [6, 6.07) is 4.53. The molecule has 1 aromatic rings. The number of hydrogen-bond donors (Lipinski definition) is 1. The Bertz CT molecular complexity index is 319. The lowest BCUT2D eigenvalue weighted by Crippen LogP contribution is -2.22. The van der Waals surface area contributed by atoms with Crippen LogP contribution in [0.15, 0.2) is 18.2 Å². The first kappa shape index (κ1) is 12.4. The maximum Gasteiger partial charge on any atom is 0.129 e. The molecule has 1 N–H and O–H groups in total. The first-order valence-electron chi connectivity index (χ1n) is 4.89. The molecular formula is C11H15ClFNO. The maximum absolute atomic E-state index is 13.5. The summed E-state index contributed by atoms with van der Waals surface area (Å²) in [6.45, 7) is 2.98. The number of benzene rings is 1. The number of ether oxygens (including phenoxy) is 1. The van der Waals surface area contributed by atoms with Crippen LogP contribution in [0.1, 0.15) is 18.5 Å². The summed E-state index contributed by atoms with van der Waals surface area (Å²) in [5.41, 5.74) is 0.579. The third-order valence-electron chi connectivity index (χ3n) is 2.18. The molecule has 0 heterocycles. The first-order chi connectivity index (χ1) is 7.19. The smallest absolute Gasteiger partial charge is 0.129 e. The van der Waals surface area contributed by atoms with Gasteiger partial charge >= 0.3 is 0 Å². The second-order valence-corrected chi connectivity index (χ2v) is 3.60. The highest BCUT2D eigenvalue weighted by Gasteiger charge is 2.13. The Kier molecular flexibility index (Phi) is 5.02. The highest BCUT2D eigenvalue weighted by Crippen LogP contribution is 2.20. The minimum Gasteiger partial charge on any atom is -0.380 e. The van der Waals surface area contributed by atoms with Gasteiger partial charge < -0.3 is 10.1 Å². The van der Waals surface area contributed by atoms with E-state index in [9.17, 15) is 4.39 Å². The summed E-state index contributed by atoms with van der Waals surface area (Å²) >= 11 is 5.68. The molecule has 1 aromatic carbocycles. The zero-order valence-corrected chi connectivity index (χ0v) is 9.64. The number of rotatable bonds is 5. The Morgan fingerprint density at radius 3 is 2.80 bits per heavy atom. The van der Waals surface area contributed by atoms with E-state index in [1.165, 1.54) is 6.07 Å². The van der Waals surface area contributed by atoms with E-state index in [0.717, 1.165) is 0 Å². The van der Waals surface area contributed by atoms with Crippen molar-refractivity contribution in [2.24, 2.45) is 0 Å². The molecule has 1 rings (SSSR count). The highest BCUT2D eigenvalue weighted by molar-refractivity contribution is 6.30. The average Bonchev–Trinajstić information content (AvgIpc) is 2.21. The van der Waals surface area contributed by atoms with E-state index in [-0.39, 0.29) is 11.9 Å². The summed E-state index contributed by atoms with van der Waals surface area (Å²) in [4.78, 5) is 0. The number of halogens is 2. The highest BCUT2D eigenvalue weighted by atomic mass is 35.5. The fourth-order valence-corrected chi connectivity index (χ4v) is 1.51. The molecule has 4 heteroatoms. The molecule has 0 aliphatic rings. The topological polar surface area (TPSA) is 21.3 Å². The lowest BCUT2D eigenvalue weighted by molar-refractivity contribution is 0.124. The number of nitrogens with one attached hydrogen (secondary N) is 1. The first-order valence-corrected chi connectivity index (χ1v) is 5.26. The molecule has 1 unspecified atom stereocenters. The van der Waals surface area contributed by atoms with Gasteiger partial charge in [0.25, 0.3) is 0 Å². The van der Waals surface area contributed by atoms with E-state index in [2.05, 4.69) is 5.32 Å². The SMILES string of the molecule is CCOCC(NC)c1ccc(Cl)cc1F. The number of likely N-dealkylation sites (N-methyl/N-ethyl adjacent to an activating group) is 1. The molecule has 0 aliphatic heterocycles. The van der Waals surface area contributed by atoms with E-state index in [0.29, 0.717) is 23.8 Å². The summed E-state index contributed by atoms with van der Waals surface area (Å²) in [6.07, 6.45) is 0. The predicted molar refractivity (Wildman–Crippen MR) is 59.7 cm³/mol. The molecule has 0 spiro atoms. The Morgan fingerprint density at radius 2 is 2.27 bits per heavy atom. The molecule has 0 bridgehead atoms. The van der Waals surface area contributed by atoms with Crippen molar-refractivity contribution in [1.82, 2.24) is 5.32 Å². The van der Waals surface area contributed by atoms with Crippen LogP contribution in [0.4, 0.5) is 4.39 Å². The van der Waals surface area contributed by atoms with Gasteiger partial charge in [-0.2, -0.15) is 0 Å². The molecule has 84 valence electrons. The van der Waals surface area contributed by atoms with Crippen molar-refractivity contribution >= 4 is 11.6 Å². The minimum atomic E-state index is -0.304. The van der Waals surface area contributed by atoms with Gasteiger partial charge in [0, 0.05) is 17.2 Å². The lowest BCUT2D eigenvalue weighted by Gasteiger charge is -2.17. The van der Waals surface area contributed by atoms with Crippen LogP contribution in [0.5, 0.6) is 0 Å². The van der Waals surface area contributed by atoms with Crippen molar-refractivity contribution in [2.75, 3.05) is 20.3 Å². The second kappa shape index (κ2) is 6.05. The van der Waals surface area contributed by atoms with Crippen molar-refractivity contribution in [1.29, 1.82) is 0 Å². The van der Waals surface area contributed by atoms with Crippen LogP contribution in [0.3, 0.4) is 0 Å². The molecule has 0 saturated carbocycles. The molecule has 2 nitrogen and oxygen atoms in total. The molecule has 15 heavy (non-hydrogen) atoms. The van der Waals surface area contributed by atoms with E-state index in [1.54, 1.807) is 19.2 Å². The molecule has 1 atom stereocenters. The molecule has 0 aliphatic carbocycles. The zero-order valence-electron chi connectivity index (χ0n) is 8.89. The Morgan fingerprint density at radius 1 is 1.53 bits per heavy atom. The predicted octanol–water partition coefficient (Wildman–Crippen LogP) is 2.78. The Hall–Kier alpha value is -0.640. The van der Waals surface area contributed by atoms with Crippen LogP contribution in [0.2, 0.25) is 5.02 Å². The van der Waals surface area contributed by atoms with Gasteiger partial charge in [0.05, 0.1) is 12.6 Å². The Balaban J connectivity index is 2.81. The maximum atomic E-state index is 13.5. The van der Waals surface area contributed by atoms with Crippen molar-refractivity contribution in [3.05, 3.63) is 34.6 Å². The van der Waals surface area contributed by atoms with Gasteiger partial charge in [-0.25, -0.2) is 4.39 Å². The normalized spacial score (nSPS) is 12.8. The second-order valence-electron chi connectivity index (χ2n) is 3.17. The standard InChI is InChI=1S/C11H15ClFNO/c1-3-15-7-11(14-2)9-5-4-8(12)6-10(9)13/h4-6,11,14H,3,7H2,1-2H3. The minimum absolute atomic E-state index is 0.137. The molecule has 0 radical (unpaired) electrons. The average molecular weight is 232 g/mol. The molecule has 0 saturated heterocycles. The fourth-order valence-electron chi connectivity index (χ4n) is 1.35. The van der Waals surface area contributed by atoms with Gasteiger partial charge in [0.1, 0.15) is 5.82 Å². The summed E-state index contributed by atoms with van der Waals surface area (Å²) in [5.74, 6) is -0.304. The third kappa shape index (κ3) is 3.45. The van der Waals surface area contributed by atoms with E-state index in [1.807, 2.05) is 6.92 Å². The van der Waals surface area contributed by atoms with Gasteiger partial charge in [0.2, 0.25) is 0 Å². The van der Waals surface area contributed by atoms with Crippen LogP contribution >= 0.6 is 11.6 Å². The summed E-state index contributed by atoms with van der Waals surface area (Å²) < 4.78 is 18.8. The van der Waals surface area contributed by atoms with E-state index >= 15 is 0 Å². The number of hydrogen-bond acceptors (Lipinski definition) is 2. The fraction of sp³-hybridized carbons (Fsp3) is 0.455. The molecule has 0 amide bonds. The van der Waals surface area contributed by atoms with E-state index < -0.39 is 0 Å². The quantitative estimate of drug-likeness (QED) is 0.842. The van der Waals surface area contributed by atoms with Crippen LogP contribution in [-0.4, -0.2) is 20.3 Å². The van der Waals surface area contributed by atoms with Crippen LogP contribution in [-0.2, 0) is 4.74 Å². The monoisotopic (exact) mass is 231 g/mol. The van der Waals surface area contributed by atoms with Gasteiger partial charge in [-0.15, -0.1) is 0 Å². The molecular weight excluding hydrogens is 217 g/mol. The molecule has 0 fully saturated rings. The zero-order chi connectivity index (χ0) is 11.3. The summed E-state index contributed by atoms with van der Waals surface area (Å²) in [7, 11) is 1.78. The Labute approximate surface area is 94.4 Å². The van der Waals surface area contributed by atoms with Gasteiger partial charge in [-0.05, 0) is 26.1 Å². The van der Waals surface area contributed by atoms with Gasteiger partial charge in [-0.1, -0.05) is 17.7 Å². The largest absolute Gasteiger partial charge is 0.380 e. The van der Waals surface area contributed by atoms with Crippen LogP contribution in [0.25, 0.3) is 0 Å². The van der Waals surface area contributed by atoms with Crippen molar-refractivity contribution in [3.63, 3.8) is 0 Å². The van der Waals surface area contributed by atoms with Crippen molar-refractivity contribution in [2.45, 2.75) is 13.0 Å². The van der Waals surface area contributed by atoms with Gasteiger partial charge in [-0.3, -0.25) is 0 Å². The van der Waals surface area contributed by atoms with Gasteiger partial charge in [0.15, 0.2) is 0 Å². The lowest BCUT2D eigenvalue weighted by atomic mass is 10.1. The van der Waals surface area contributed by atoms with Crippen molar-refractivity contribution < 1.29 is 9.13 Å². The molecule has 0 aromatic heterocycles.